The highest BCUT2D eigenvalue weighted by Crippen LogP contribution is 2.45. The maximum absolute atomic E-state index is 2.66. The van der Waals surface area contributed by atoms with Gasteiger partial charge in [-0.2, -0.15) is 0 Å². The van der Waals surface area contributed by atoms with E-state index in [1.807, 2.05) is 0 Å². The molecule has 0 aromatic carbocycles. The van der Waals surface area contributed by atoms with Gasteiger partial charge < -0.3 is 0 Å². The summed E-state index contributed by atoms with van der Waals surface area (Å²) in [4.78, 5) is 2.66. The lowest BCUT2D eigenvalue weighted by molar-refractivity contribution is 0.196. The van der Waals surface area contributed by atoms with E-state index in [2.05, 4.69) is 30.1 Å². The number of hydrogen-bond acceptors (Lipinski definition) is 1. The zero-order chi connectivity index (χ0) is 10.3. The Kier molecular flexibility index (Phi) is 2.44. The molecule has 0 aromatic heterocycles. The normalized spacial score (nSPS) is 37.0. The van der Waals surface area contributed by atoms with Crippen molar-refractivity contribution >= 4 is 0 Å². The summed E-state index contributed by atoms with van der Waals surface area (Å²) in [5.74, 6) is 1.81. The quantitative estimate of drug-likeness (QED) is 0.667. The third kappa shape index (κ3) is 1.90. The molecule has 1 saturated heterocycles. The molecule has 2 aliphatic carbocycles. The second-order valence-electron chi connectivity index (χ2n) is 5.36. The molecule has 3 atom stereocenters. The van der Waals surface area contributed by atoms with Crippen molar-refractivity contribution in [2.24, 2.45) is 11.8 Å². The molecule has 0 spiro atoms. The zero-order valence-corrected chi connectivity index (χ0v) is 9.65. The summed E-state index contributed by atoms with van der Waals surface area (Å²) >= 11 is 0. The molecule has 0 amide bonds. The van der Waals surface area contributed by atoms with Gasteiger partial charge in [0.25, 0.3) is 0 Å². The summed E-state index contributed by atoms with van der Waals surface area (Å²) in [5.41, 5.74) is 1.58. The van der Waals surface area contributed by atoms with Crippen LogP contribution in [0.4, 0.5) is 0 Å². The Bertz CT molecular complexity index is 296. The molecule has 0 radical (unpaired) electrons. The van der Waals surface area contributed by atoms with Crippen molar-refractivity contribution < 1.29 is 0 Å². The first-order valence-electron chi connectivity index (χ1n) is 6.48. The van der Waals surface area contributed by atoms with E-state index in [0.717, 1.165) is 11.8 Å². The van der Waals surface area contributed by atoms with Crippen LogP contribution in [0.3, 0.4) is 0 Å². The zero-order valence-electron chi connectivity index (χ0n) is 9.65. The monoisotopic (exact) mass is 203 g/mol. The SMILES string of the molecule is CC(C1=CC2CC2C=C1)N1CCCCC1. The van der Waals surface area contributed by atoms with Crippen molar-refractivity contribution in [1.82, 2.24) is 4.90 Å². The summed E-state index contributed by atoms with van der Waals surface area (Å²) in [6, 6.07) is 0.656. The minimum absolute atomic E-state index is 0.656. The molecule has 1 aliphatic heterocycles. The van der Waals surface area contributed by atoms with Gasteiger partial charge in [0.2, 0.25) is 0 Å². The van der Waals surface area contributed by atoms with Crippen LogP contribution in [0.15, 0.2) is 23.8 Å². The summed E-state index contributed by atoms with van der Waals surface area (Å²) in [6.45, 7) is 4.99. The van der Waals surface area contributed by atoms with Crippen LogP contribution >= 0.6 is 0 Å². The number of likely N-dealkylation sites (tertiary alicyclic amines) is 1. The maximum Gasteiger partial charge on any atom is 0.0316 e. The summed E-state index contributed by atoms with van der Waals surface area (Å²) < 4.78 is 0. The highest BCUT2D eigenvalue weighted by Gasteiger charge is 2.36. The number of rotatable bonds is 2. The fourth-order valence-corrected chi connectivity index (χ4v) is 2.98. The Morgan fingerprint density at radius 1 is 1.20 bits per heavy atom. The van der Waals surface area contributed by atoms with Crippen molar-refractivity contribution in [3.05, 3.63) is 23.8 Å². The van der Waals surface area contributed by atoms with Gasteiger partial charge in [-0.25, -0.2) is 0 Å². The Balaban J connectivity index is 1.67. The van der Waals surface area contributed by atoms with E-state index in [1.54, 1.807) is 5.57 Å². The summed E-state index contributed by atoms with van der Waals surface area (Å²) in [7, 11) is 0. The number of piperidine rings is 1. The number of allylic oxidation sites excluding steroid dienone is 2. The van der Waals surface area contributed by atoms with Crippen LogP contribution in [0.1, 0.15) is 32.6 Å². The lowest BCUT2D eigenvalue weighted by Crippen LogP contribution is -2.38. The van der Waals surface area contributed by atoms with Crippen LogP contribution in [0.5, 0.6) is 0 Å². The highest BCUT2D eigenvalue weighted by molar-refractivity contribution is 5.34. The molecule has 1 saturated carbocycles. The van der Waals surface area contributed by atoms with Gasteiger partial charge in [0.15, 0.2) is 0 Å². The Morgan fingerprint density at radius 2 is 2.00 bits per heavy atom. The minimum Gasteiger partial charge on any atom is -0.297 e. The first kappa shape index (κ1) is 9.65. The molecule has 0 bridgehead atoms. The van der Waals surface area contributed by atoms with Crippen LogP contribution in [0.2, 0.25) is 0 Å². The van der Waals surface area contributed by atoms with Gasteiger partial charge in [0.05, 0.1) is 0 Å². The minimum atomic E-state index is 0.656. The third-order valence-electron chi connectivity index (χ3n) is 4.25. The van der Waals surface area contributed by atoms with E-state index in [9.17, 15) is 0 Å². The van der Waals surface area contributed by atoms with Gasteiger partial charge in [-0.1, -0.05) is 24.6 Å². The molecule has 3 aliphatic rings. The van der Waals surface area contributed by atoms with Gasteiger partial charge in [-0.3, -0.25) is 4.90 Å². The molecule has 82 valence electrons. The molecule has 3 unspecified atom stereocenters. The first-order chi connectivity index (χ1) is 7.34. The summed E-state index contributed by atoms with van der Waals surface area (Å²) in [5, 5.41) is 0. The number of fused-ring (bicyclic) bond motifs is 1. The van der Waals surface area contributed by atoms with E-state index in [4.69, 9.17) is 0 Å². The molecule has 1 heteroatoms. The smallest absolute Gasteiger partial charge is 0.0316 e. The van der Waals surface area contributed by atoms with Gasteiger partial charge in [-0.15, -0.1) is 0 Å². The molecule has 15 heavy (non-hydrogen) atoms. The van der Waals surface area contributed by atoms with Crippen LogP contribution < -0.4 is 0 Å². The molecule has 1 nitrogen and oxygen atoms in total. The molecule has 2 fully saturated rings. The summed E-state index contributed by atoms with van der Waals surface area (Å²) in [6.07, 6.45) is 13.0. The van der Waals surface area contributed by atoms with Crippen LogP contribution in [-0.2, 0) is 0 Å². The predicted octanol–water partition coefficient (Wildman–Crippen LogP) is 2.99. The molecule has 0 N–H and O–H groups in total. The van der Waals surface area contributed by atoms with Gasteiger partial charge in [0, 0.05) is 6.04 Å². The van der Waals surface area contributed by atoms with Crippen molar-refractivity contribution in [3.8, 4) is 0 Å². The average molecular weight is 203 g/mol. The first-order valence-corrected chi connectivity index (χ1v) is 6.48. The van der Waals surface area contributed by atoms with E-state index in [0.29, 0.717) is 6.04 Å². The van der Waals surface area contributed by atoms with Crippen LogP contribution in [-0.4, -0.2) is 24.0 Å². The predicted molar refractivity (Wildman–Crippen MR) is 63.7 cm³/mol. The Hall–Kier alpha value is -0.560. The van der Waals surface area contributed by atoms with Crippen LogP contribution in [0.25, 0.3) is 0 Å². The van der Waals surface area contributed by atoms with E-state index in [-0.39, 0.29) is 0 Å². The van der Waals surface area contributed by atoms with Gasteiger partial charge in [0.1, 0.15) is 0 Å². The average Bonchev–Trinajstić information content (AvgIpc) is 3.07. The Morgan fingerprint density at radius 3 is 2.73 bits per heavy atom. The number of nitrogens with zero attached hydrogens (tertiary/aromatic N) is 1. The van der Waals surface area contributed by atoms with Crippen molar-refractivity contribution in [2.75, 3.05) is 13.1 Å². The van der Waals surface area contributed by atoms with Crippen molar-refractivity contribution in [1.29, 1.82) is 0 Å². The molecule has 3 rings (SSSR count). The number of hydrogen-bond donors (Lipinski definition) is 0. The topological polar surface area (TPSA) is 3.24 Å². The Labute approximate surface area is 92.8 Å². The molecular weight excluding hydrogens is 182 g/mol. The lowest BCUT2D eigenvalue weighted by Gasteiger charge is -2.33. The lowest BCUT2D eigenvalue weighted by atomic mass is 9.98. The van der Waals surface area contributed by atoms with Crippen LogP contribution in [0, 0.1) is 11.8 Å². The molecular formula is C14H21N. The highest BCUT2D eigenvalue weighted by atomic mass is 15.2. The maximum atomic E-state index is 2.66. The third-order valence-corrected chi connectivity index (χ3v) is 4.25. The second kappa shape index (κ2) is 3.79. The van der Waals surface area contributed by atoms with Crippen molar-refractivity contribution in [2.45, 2.75) is 38.6 Å². The fraction of sp³-hybridized carbons (Fsp3) is 0.714. The largest absolute Gasteiger partial charge is 0.297 e. The van der Waals surface area contributed by atoms with E-state index >= 15 is 0 Å². The second-order valence-corrected chi connectivity index (χ2v) is 5.36. The van der Waals surface area contributed by atoms with E-state index in [1.165, 1.54) is 38.8 Å². The van der Waals surface area contributed by atoms with E-state index < -0.39 is 0 Å². The van der Waals surface area contributed by atoms with Crippen molar-refractivity contribution in [3.63, 3.8) is 0 Å². The fourth-order valence-electron chi connectivity index (χ4n) is 2.98. The van der Waals surface area contributed by atoms with Gasteiger partial charge >= 0.3 is 0 Å². The molecule has 0 aromatic rings. The van der Waals surface area contributed by atoms with Gasteiger partial charge in [-0.05, 0) is 56.7 Å². The standard InChI is InChI=1S/C14H21N/c1-11(15-7-3-2-4-8-15)12-5-6-13-10-14(13)9-12/h5-6,9,11,13-14H,2-4,7-8,10H2,1H3. The molecule has 1 heterocycles.